The molecule has 0 bridgehead atoms. The summed E-state index contributed by atoms with van der Waals surface area (Å²) in [4.78, 5) is 18.3. The summed E-state index contributed by atoms with van der Waals surface area (Å²) in [5.41, 5.74) is 2.35. The molecule has 1 aliphatic rings. The third-order valence-corrected chi connectivity index (χ3v) is 3.58. The van der Waals surface area contributed by atoms with E-state index in [9.17, 15) is 4.79 Å². The van der Waals surface area contributed by atoms with Gasteiger partial charge < -0.3 is 14.4 Å². The van der Waals surface area contributed by atoms with Crippen LogP contribution in [-0.2, 0) is 13.1 Å². The minimum absolute atomic E-state index is 0.195. The number of fused-ring (bicyclic) bond motifs is 1. The average Bonchev–Trinajstić information content (AvgIpc) is 2.98. The van der Waals surface area contributed by atoms with Crippen molar-refractivity contribution in [2.45, 2.75) is 13.1 Å². The Bertz CT molecular complexity index is 656. The van der Waals surface area contributed by atoms with E-state index in [1.807, 2.05) is 24.3 Å². The van der Waals surface area contributed by atoms with Crippen molar-refractivity contribution in [3.63, 3.8) is 0 Å². The van der Waals surface area contributed by atoms with Crippen LogP contribution in [0.5, 0.6) is 11.6 Å². The Morgan fingerprint density at radius 2 is 1.82 bits per heavy atom. The number of anilines is 1. The Hall–Kier alpha value is -2.76. The molecular weight excluding hydrogens is 282 g/mol. The first kappa shape index (κ1) is 14.2. The second kappa shape index (κ2) is 5.93. The van der Waals surface area contributed by atoms with E-state index in [0.29, 0.717) is 30.5 Å². The van der Waals surface area contributed by atoms with Crippen molar-refractivity contribution in [1.82, 2.24) is 9.88 Å². The van der Waals surface area contributed by atoms with Crippen molar-refractivity contribution >= 4 is 11.8 Å². The van der Waals surface area contributed by atoms with Gasteiger partial charge in [0.25, 0.3) is 0 Å². The number of urea groups is 1. The molecule has 1 aliphatic heterocycles. The minimum Gasteiger partial charge on any atom is -0.496 e. The Morgan fingerprint density at radius 3 is 2.41 bits per heavy atom. The summed E-state index contributed by atoms with van der Waals surface area (Å²) in [7, 11) is 3.07. The molecule has 0 atom stereocenters. The zero-order valence-corrected chi connectivity index (χ0v) is 12.5. The van der Waals surface area contributed by atoms with E-state index >= 15 is 0 Å². The lowest BCUT2D eigenvalue weighted by Crippen LogP contribution is -2.30. The van der Waals surface area contributed by atoms with Crippen LogP contribution >= 0.6 is 0 Å². The van der Waals surface area contributed by atoms with Crippen LogP contribution in [0.4, 0.5) is 10.6 Å². The van der Waals surface area contributed by atoms with Gasteiger partial charge >= 0.3 is 6.03 Å². The van der Waals surface area contributed by atoms with Crippen molar-refractivity contribution in [2.75, 3.05) is 19.5 Å². The molecule has 0 saturated carbocycles. The lowest BCUT2D eigenvalue weighted by atomic mass is 10.1. The Morgan fingerprint density at radius 1 is 1.14 bits per heavy atom. The molecule has 2 aromatic rings. The van der Waals surface area contributed by atoms with E-state index in [1.54, 1.807) is 24.1 Å². The van der Waals surface area contributed by atoms with E-state index < -0.39 is 0 Å². The Labute approximate surface area is 128 Å². The smallest absolute Gasteiger partial charge is 0.323 e. The molecule has 114 valence electrons. The number of rotatable bonds is 3. The topological polar surface area (TPSA) is 63.7 Å². The van der Waals surface area contributed by atoms with Gasteiger partial charge in [-0.3, -0.25) is 5.32 Å². The van der Waals surface area contributed by atoms with Crippen molar-refractivity contribution in [1.29, 1.82) is 0 Å². The number of hydrogen-bond donors (Lipinski definition) is 1. The van der Waals surface area contributed by atoms with E-state index in [0.717, 1.165) is 0 Å². The van der Waals surface area contributed by atoms with Crippen LogP contribution in [0.1, 0.15) is 11.1 Å². The highest BCUT2D eigenvalue weighted by Crippen LogP contribution is 2.25. The molecule has 2 amide bonds. The number of carbonyl (C=O) groups excluding carboxylic acids is 1. The summed E-state index contributed by atoms with van der Waals surface area (Å²) < 4.78 is 10.3. The maximum Gasteiger partial charge on any atom is 0.323 e. The maximum absolute atomic E-state index is 12.4. The van der Waals surface area contributed by atoms with Gasteiger partial charge in [-0.1, -0.05) is 24.3 Å². The number of methoxy groups -OCH3 is 2. The summed E-state index contributed by atoms with van der Waals surface area (Å²) in [6.07, 6.45) is 0. The number of nitrogens with zero attached hydrogens (tertiary/aromatic N) is 2. The molecule has 0 radical (unpaired) electrons. The van der Waals surface area contributed by atoms with Crippen LogP contribution in [-0.4, -0.2) is 30.1 Å². The van der Waals surface area contributed by atoms with Crippen LogP contribution in [0.3, 0.4) is 0 Å². The molecule has 3 rings (SSSR count). The molecular formula is C16H17N3O3. The summed E-state index contributed by atoms with van der Waals surface area (Å²) in [6.45, 7) is 1.20. The highest BCUT2D eigenvalue weighted by atomic mass is 16.5. The van der Waals surface area contributed by atoms with Crippen LogP contribution in [0.2, 0.25) is 0 Å². The third-order valence-electron chi connectivity index (χ3n) is 3.58. The quantitative estimate of drug-likeness (QED) is 0.946. The van der Waals surface area contributed by atoms with Gasteiger partial charge in [0.15, 0.2) is 0 Å². The van der Waals surface area contributed by atoms with E-state index in [-0.39, 0.29) is 6.03 Å². The van der Waals surface area contributed by atoms with Crippen molar-refractivity contribution in [3.05, 3.63) is 47.5 Å². The molecule has 1 aromatic carbocycles. The minimum atomic E-state index is -0.195. The summed E-state index contributed by atoms with van der Waals surface area (Å²) in [5, 5.41) is 2.78. The van der Waals surface area contributed by atoms with Gasteiger partial charge in [-0.25, -0.2) is 4.79 Å². The number of nitrogens with one attached hydrogen (secondary N) is 1. The van der Waals surface area contributed by atoms with Gasteiger partial charge in [-0.2, -0.15) is 4.98 Å². The molecule has 0 unspecified atom stereocenters. The van der Waals surface area contributed by atoms with Gasteiger partial charge in [-0.05, 0) is 11.1 Å². The fourth-order valence-corrected chi connectivity index (χ4v) is 2.43. The Balaban J connectivity index is 1.73. The number of pyridine rings is 1. The summed E-state index contributed by atoms with van der Waals surface area (Å²) >= 11 is 0. The predicted octanol–water partition coefficient (Wildman–Crippen LogP) is 2.65. The maximum atomic E-state index is 12.4. The normalized spacial score (nSPS) is 12.7. The molecule has 0 fully saturated rings. The van der Waals surface area contributed by atoms with Crippen molar-refractivity contribution in [3.8, 4) is 11.6 Å². The molecule has 22 heavy (non-hydrogen) atoms. The molecule has 1 aromatic heterocycles. The van der Waals surface area contributed by atoms with Crippen LogP contribution in [0.25, 0.3) is 0 Å². The largest absolute Gasteiger partial charge is 0.496 e. The second-order valence-corrected chi connectivity index (χ2v) is 4.99. The number of ether oxygens (including phenoxy) is 2. The van der Waals surface area contributed by atoms with Crippen LogP contribution in [0, 0.1) is 0 Å². The average molecular weight is 299 g/mol. The molecule has 6 nitrogen and oxygen atoms in total. The molecule has 0 spiro atoms. The fourth-order valence-electron chi connectivity index (χ4n) is 2.43. The van der Waals surface area contributed by atoms with E-state index in [4.69, 9.17) is 9.47 Å². The number of benzene rings is 1. The van der Waals surface area contributed by atoms with Crippen molar-refractivity contribution < 1.29 is 14.3 Å². The van der Waals surface area contributed by atoms with Gasteiger partial charge in [0.2, 0.25) is 5.88 Å². The van der Waals surface area contributed by atoms with Crippen LogP contribution < -0.4 is 14.8 Å². The van der Waals surface area contributed by atoms with Gasteiger partial charge in [0.05, 0.1) is 14.2 Å². The standard InChI is InChI=1S/C16H17N3O3/c1-21-13-7-14(17-15(8-13)22-2)18-16(20)19-9-11-5-3-4-6-12(11)10-19/h3-8H,9-10H2,1-2H3,(H,17,18,20). The molecule has 1 N–H and O–H groups in total. The van der Waals surface area contributed by atoms with Gasteiger partial charge in [0.1, 0.15) is 11.6 Å². The number of hydrogen-bond acceptors (Lipinski definition) is 4. The second-order valence-electron chi connectivity index (χ2n) is 4.99. The fraction of sp³-hybridized carbons (Fsp3) is 0.250. The first-order valence-corrected chi connectivity index (χ1v) is 6.92. The molecule has 6 heteroatoms. The van der Waals surface area contributed by atoms with Crippen molar-refractivity contribution in [2.24, 2.45) is 0 Å². The monoisotopic (exact) mass is 299 g/mol. The summed E-state index contributed by atoms with van der Waals surface area (Å²) in [6, 6.07) is 11.2. The first-order valence-electron chi connectivity index (χ1n) is 6.92. The highest BCUT2D eigenvalue weighted by molar-refractivity contribution is 5.89. The Kier molecular flexibility index (Phi) is 3.82. The number of amides is 2. The molecule has 2 heterocycles. The number of aromatic nitrogens is 1. The molecule has 0 saturated heterocycles. The van der Waals surface area contributed by atoms with Gasteiger partial charge in [-0.15, -0.1) is 0 Å². The van der Waals surface area contributed by atoms with E-state index in [2.05, 4.69) is 10.3 Å². The summed E-state index contributed by atoms with van der Waals surface area (Å²) in [5.74, 6) is 1.36. The lowest BCUT2D eigenvalue weighted by molar-refractivity contribution is 0.212. The van der Waals surface area contributed by atoms with Gasteiger partial charge in [0, 0.05) is 25.2 Å². The lowest BCUT2D eigenvalue weighted by Gasteiger charge is -2.16. The predicted molar refractivity (Wildman–Crippen MR) is 82.0 cm³/mol. The zero-order chi connectivity index (χ0) is 15.5. The molecule has 0 aliphatic carbocycles. The highest BCUT2D eigenvalue weighted by Gasteiger charge is 2.23. The SMILES string of the molecule is COc1cc(NC(=O)N2Cc3ccccc3C2)nc(OC)c1. The first-order chi connectivity index (χ1) is 10.7. The van der Waals surface area contributed by atoms with Crippen LogP contribution in [0.15, 0.2) is 36.4 Å². The third kappa shape index (κ3) is 2.81. The van der Waals surface area contributed by atoms with E-state index in [1.165, 1.54) is 18.2 Å². The zero-order valence-electron chi connectivity index (χ0n) is 12.5. The number of carbonyl (C=O) groups is 1.